The van der Waals surface area contributed by atoms with E-state index >= 15 is 0 Å². The number of nitrogens with one attached hydrogen (secondary N) is 1. The van der Waals surface area contributed by atoms with E-state index in [-0.39, 0.29) is 0 Å². The molecule has 1 saturated heterocycles. The topological polar surface area (TPSA) is 81.7 Å². The highest BCUT2D eigenvalue weighted by molar-refractivity contribution is 5.90. The number of carbonyl (C=O) groups is 1. The summed E-state index contributed by atoms with van der Waals surface area (Å²) in [7, 11) is 0. The number of aromatic nitrogens is 2. The number of fused-ring (bicyclic) bond motifs is 1. The van der Waals surface area contributed by atoms with Crippen molar-refractivity contribution in [1.29, 1.82) is 0 Å². The number of nitrogens with zero attached hydrogens (tertiary/aromatic N) is 3. The van der Waals surface area contributed by atoms with E-state index in [9.17, 15) is 9.90 Å². The SMILES string of the molecule is O=C(O)C(c1c[nH]c2cc(OCc3ccccc3)ccc12)N1CCN(CCc2ccccn2)CC1. The van der Waals surface area contributed by atoms with Crippen LogP contribution in [0.25, 0.3) is 10.9 Å². The van der Waals surface area contributed by atoms with Gasteiger partial charge >= 0.3 is 5.97 Å². The zero-order chi connectivity index (χ0) is 24.0. The van der Waals surface area contributed by atoms with E-state index in [2.05, 4.69) is 19.8 Å². The number of carboxylic acids is 1. The van der Waals surface area contributed by atoms with E-state index in [1.807, 2.05) is 79.1 Å². The molecule has 5 rings (SSSR count). The third kappa shape index (κ3) is 5.53. The van der Waals surface area contributed by atoms with E-state index in [0.29, 0.717) is 19.7 Å². The van der Waals surface area contributed by atoms with Crippen LogP contribution in [0, 0.1) is 0 Å². The van der Waals surface area contributed by atoms with Crippen LogP contribution in [0.5, 0.6) is 5.75 Å². The number of rotatable bonds is 9. The van der Waals surface area contributed by atoms with Gasteiger partial charge in [0.1, 0.15) is 18.4 Å². The standard InChI is InChI=1S/C28H30N4O3/c33-28(34)27(32-16-14-31(15-17-32)13-11-22-8-4-5-12-29-22)25-19-30-26-18-23(9-10-24(25)26)35-20-21-6-2-1-3-7-21/h1-10,12,18-19,27,30H,11,13-17,20H2,(H,33,34). The number of carboxylic acid groups (broad SMARTS) is 1. The zero-order valence-electron chi connectivity index (χ0n) is 19.6. The lowest BCUT2D eigenvalue weighted by Gasteiger charge is -2.37. The molecular weight excluding hydrogens is 440 g/mol. The summed E-state index contributed by atoms with van der Waals surface area (Å²) >= 11 is 0. The van der Waals surface area contributed by atoms with Crippen LogP contribution in [-0.4, -0.2) is 63.6 Å². The molecule has 0 radical (unpaired) electrons. The molecule has 0 saturated carbocycles. The van der Waals surface area contributed by atoms with Crippen LogP contribution in [0.2, 0.25) is 0 Å². The Labute approximate surface area is 205 Å². The first-order chi connectivity index (χ1) is 17.2. The normalized spacial score (nSPS) is 15.8. The number of hydrogen-bond acceptors (Lipinski definition) is 5. The van der Waals surface area contributed by atoms with Gasteiger partial charge < -0.3 is 19.7 Å². The second-order valence-electron chi connectivity index (χ2n) is 8.92. The summed E-state index contributed by atoms with van der Waals surface area (Å²) in [5, 5.41) is 11.1. The van der Waals surface area contributed by atoms with Gasteiger partial charge in [-0.2, -0.15) is 0 Å². The van der Waals surface area contributed by atoms with Crippen molar-refractivity contribution in [2.45, 2.75) is 19.1 Å². The molecule has 2 aromatic carbocycles. The first kappa shape index (κ1) is 23.1. The van der Waals surface area contributed by atoms with Crippen molar-refractivity contribution in [2.75, 3.05) is 32.7 Å². The fourth-order valence-corrected chi connectivity index (χ4v) is 4.73. The van der Waals surface area contributed by atoms with E-state index in [1.54, 1.807) is 0 Å². The molecule has 1 aliphatic heterocycles. The van der Waals surface area contributed by atoms with Crippen molar-refractivity contribution in [1.82, 2.24) is 19.8 Å². The van der Waals surface area contributed by atoms with Crippen LogP contribution in [0.3, 0.4) is 0 Å². The molecule has 0 aliphatic carbocycles. The number of piperazine rings is 1. The summed E-state index contributed by atoms with van der Waals surface area (Å²) in [5.41, 5.74) is 3.86. The smallest absolute Gasteiger partial charge is 0.325 e. The minimum atomic E-state index is -0.822. The van der Waals surface area contributed by atoms with Gasteiger partial charge in [0.25, 0.3) is 0 Å². The number of ether oxygens (including phenoxy) is 1. The highest BCUT2D eigenvalue weighted by Gasteiger charge is 2.32. The summed E-state index contributed by atoms with van der Waals surface area (Å²) < 4.78 is 5.94. The predicted molar refractivity (Wildman–Crippen MR) is 135 cm³/mol. The van der Waals surface area contributed by atoms with Crippen molar-refractivity contribution in [3.63, 3.8) is 0 Å². The molecule has 0 spiro atoms. The number of aliphatic carboxylic acids is 1. The number of hydrogen-bond donors (Lipinski definition) is 2. The summed E-state index contributed by atoms with van der Waals surface area (Å²) in [6.45, 7) is 4.53. The minimum Gasteiger partial charge on any atom is -0.489 e. The molecule has 4 aromatic rings. The van der Waals surface area contributed by atoms with Crippen LogP contribution in [0.4, 0.5) is 0 Å². The summed E-state index contributed by atoms with van der Waals surface area (Å²) in [6, 6.07) is 21.1. The van der Waals surface area contributed by atoms with Gasteiger partial charge in [0.05, 0.1) is 0 Å². The fourth-order valence-electron chi connectivity index (χ4n) is 4.73. The van der Waals surface area contributed by atoms with Crippen molar-refractivity contribution < 1.29 is 14.6 Å². The Balaban J connectivity index is 1.23. The first-order valence-electron chi connectivity index (χ1n) is 12.0. The molecule has 1 atom stereocenters. The van der Waals surface area contributed by atoms with Gasteiger partial charge in [0, 0.05) is 79.8 Å². The van der Waals surface area contributed by atoms with Crippen LogP contribution < -0.4 is 4.74 Å². The van der Waals surface area contributed by atoms with Crippen LogP contribution in [0.15, 0.2) is 79.1 Å². The van der Waals surface area contributed by atoms with Gasteiger partial charge in [-0.3, -0.25) is 14.7 Å². The second-order valence-corrected chi connectivity index (χ2v) is 8.92. The lowest BCUT2D eigenvalue weighted by Crippen LogP contribution is -2.49. The van der Waals surface area contributed by atoms with Gasteiger partial charge in [-0.05, 0) is 29.8 Å². The number of pyridine rings is 1. The van der Waals surface area contributed by atoms with Gasteiger partial charge in [0.15, 0.2) is 0 Å². The lowest BCUT2D eigenvalue weighted by atomic mass is 10.0. The highest BCUT2D eigenvalue weighted by Crippen LogP contribution is 2.31. The van der Waals surface area contributed by atoms with Crippen LogP contribution in [0.1, 0.15) is 22.9 Å². The maximum Gasteiger partial charge on any atom is 0.325 e. The predicted octanol–water partition coefficient (Wildman–Crippen LogP) is 4.13. The maximum atomic E-state index is 12.4. The fraction of sp³-hybridized carbons (Fsp3) is 0.286. The van der Waals surface area contributed by atoms with E-state index in [4.69, 9.17) is 4.74 Å². The van der Waals surface area contributed by atoms with Crippen molar-refractivity contribution in [2.24, 2.45) is 0 Å². The Morgan fingerprint density at radius 3 is 2.57 bits per heavy atom. The molecule has 7 nitrogen and oxygen atoms in total. The number of H-pyrrole nitrogens is 1. The van der Waals surface area contributed by atoms with Crippen molar-refractivity contribution in [3.8, 4) is 5.75 Å². The third-order valence-corrected chi connectivity index (χ3v) is 6.64. The van der Waals surface area contributed by atoms with Gasteiger partial charge in [0.2, 0.25) is 0 Å². The monoisotopic (exact) mass is 470 g/mol. The average Bonchev–Trinajstić information content (AvgIpc) is 3.31. The first-order valence-corrected chi connectivity index (χ1v) is 12.0. The average molecular weight is 471 g/mol. The molecule has 7 heteroatoms. The van der Waals surface area contributed by atoms with Crippen molar-refractivity contribution in [3.05, 3.63) is 95.9 Å². The summed E-state index contributed by atoms with van der Waals surface area (Å²) in [5.74, 6) is -0.0691. The lowest BCUT2D eigenvalue weighted by molar-refractivity contribution is -0.144. The Morgan fingerprint density at radius 2 is 1.83 bits per heavy atom. The number of aromatic amines is 1. The summed E-state index contributed by atoms with van der Waals surface area (Å²) in [6.07, 6.45) is 4.56. The molecule has 0 bridgehead atoms. The Hall–Kier alpha value is -3.68. The Bertz CT molecular complexity index is 1250. The molecule has 2 N–H and O–H groups in total. The van der Waals surface area contributed by atoms with E-state index in [1.165, 1.54) is 0 Å². The maximum absolute atomic E-state index is 12.4. The highest BCUT2D eigenvalue weighted by atomic mass is 16.5. The van der Waals surface area contributed by atoms with Crippen LogP contribution in [-0.2, 0) is 17.8 Å². The van der Waals surface area contributed by atoms with Gasteiger partial charge in [-0.15, -0.1) is 0 Å². The molecular formula is C28H30N4O3. The van der Waals surface area contributed by atoms with Crippen LogP contribution >= 0.6 is 0 Å². The molecule has 3 heterocycles. The molecule has 1 fully saturated rings. The zero-order valence-corrected chi connectivity index (χ0v) is 19.6. The second kappa shape index (κ2) is 10.7. The largest absolute Gasteiger partial charge is 0.489 e. The van der Waals surface area contributed by atoms with E-state index < -0.39 is 12.0 Å². The van der Waals surface area contributed by atoms with Crippen molar-refractivity contribution >= 4 is 16.9 Å². The minimum absolute atomic E-state index is 0.488. The molecule has 1 aliphatic rings. The van der Waals surface area contributed by atoms with Gasteiger partial charge in [-0.25, -0.2) is 0 Å². The number of benzene rings is 2. The van der Waals surface area contributed by atoms with E-state index in [0.717, 1.165) is 59.5 Å². The molecule has 0 amide bonds. The Kier molecular flexibility index (Phi) is 7.07. The quantitative estimate of drug-likeness (QED) is 0.383. The Morgan fingerprint density at radius 1 is 1.03 bits per heavy atom. The molecule has 2 aromatic heterocycles. The molecule has 1 unspecified atom stereocenters. The van der Waals surface area contributed by atoms with Gasteiger partial charge in [-0.1, -0.05) is 36.4 Å². The summed E-state index contributed by atoms with van der Waals surface area (Å²) in [4.78, 5) is 24.5. The third-order valence-electron chi connectivity index (χ3n) is 6.64. The molecule has 180 valence electrons. The molecule has 35 heavy (non-hydrogen) atoms.